The van der Waals surface area contributed by atoms with Crippen LogP contribution in [-0.4, -0.2) is 12.1 Å². The van der Waals surface area contributed by atoms with E-state index in [-0.39, 0.29) is 0 Å². The maximum atomic E-state index is 12.1. The van der Waals surface area contributed by atoms with Crippen LogP contribution < -0.4 is 15.7 Å². The van der Waals surface area contributed by atoms with Gasteiger partial charge < -0.3 is 0 Å². The molecule has 0 saturated heterocycles. The van der Waals surface area contributed by atoms with Gasteiger partial charge in [-0.2, -0.15) is 0 Å². The summed E-state index contributed by atoms with van der Waals surface area (Å²) < 4.78 is 12.1. The first kappa shape index (κ1) is 11.6. The predicted molar refractivity (Wildman–Crippen MR) is 62.6 cm³/mol. The van der Waals surface area contributed by atoms with Crippen LogP contribution in [0.2, 0.25) is 0 Å². The molecule has 0 atom stereocenters. The van der Waals surface area contributed by atoms with E-state index in [1.54, 1.807) is 0 Å². The van der Waals surface area contributed by atoms with E-state index in [0.717, 1.165) is 25.7 Å². The van der Waals surface area contributed by atoms with Gasteiger partial charge in [0.1, 0.15) is 0 Å². The molecule has 2 fully saturated rings. The van der Waals surface area contributed by atoms with E-state index in [4.69, 9.17) is 5.50 Å². The molecule has 4 N–H and O–H groups in total. The predicted octanol–water partition coefficient (Wildman–Crippen LogP) is 2.12. The highest BCUT2D eigenvalue weighted by molar-refractivity contribution is 7.57. The van der Waals surface area contributed by atoms with Crippen molar-refractivity contribution in [2.45, 2.75) is 63.5 Å². The average molecular weight is 231 g/mol. The molecule has 0 aromatic carbocycles. The van der Waals surface area contributed by atoms with Crippen LogP contribution in [0.5, 0.6) is 0 Å². The lowest BCUT2D eigenvalue weighted by atomic mass is 10.3. The number of hydrogen-bond donors (Lipinski definition) is 3. The Hall–Kier alpha value is 0.110. The molecule has 2 rings (SSSR count). The van der Waals surface area contributed by atoms with Crippen molar-refractivity contribution >= 4 is 7.59 Å². The Labute approximate surface area is 91.9 Å². The van der Waals surface area contributed by atoms with Crippen molar-refractivity contribution in [2.75, 3.05) is 0 Å². The number of hydrogen-bond acceptors (Lipinski definition) is 1. The van der Waals surface area contributed by atoms with Gasteiger partial charge in [-0.3, -0.25) is 10.1 Å². The summed E-state index contributed by atoms with van der Waals surface area (Å²) in [6, 6.07) is 0.740. The SMILES string of the molecule is NP(=O)(NC1CCCC1)NC1CCCC1. The summed E-state index contributed by atoms with van der Waals surface area (Å²) in [6.45, 7) is 0. The second kappa shape index (κ2) is 4.96. The largest absolute Gasteiger partial charge is 0.276 e. The fourth-order valence-electron chi connectivity index (χ4n) is 2.69. The first-order chi connectivity index (χ1) is 7.16. The van der Waals surface area contributed by atoms with Gasteiger partial charge in [0.25, 0.3) is 7.59 Å². The van der Waals surface area contributed by atoms with Crippen molar-refractivity contribution in [3.63, 3.8) is 0 Å². The van der Waals surface area contributed by atoms with Gasteiger partial charge in [0.2, 0.25) is 0 Å². The summed E-state index contributed by atoms with van der Waals surface area (Å²) in [6.07, 6.45) is 9.42. The molecular formula is C10H22N3OP. The third kappa shape index (κ3) is 3.56. The minimum Gasteiger partial charge on any atom is -0.271 e. The lowest BCUT2D eigenvalue weighted by molar-refractivity contribution is 0.513. The Morgan fingerprint density at radius 3 is 1.53 bits per heavy atom. The van der Waals surface area contributed by atoms with Crippen molar-refractivity contribution in [1.29, 1.82) is 0 Å². The van der Waals surface area contributed by atoms with Crippen LogP contribution in [0.4, 0.5) is 0 Å². The Bertz CT molecular complexity index is 225. The second-order valence-electron chi connectivity index (χ2n) is 4.88. The van der Waals surface area contributed by atoms with Crippen molar-refractivity contribution in [3.05, 3.63) is 0 Å². The molecule has 0 heterocycles. The Morgan fingerprint density at radius 1 is 0.867 bits per heavy atom. The highest BCUT2D eigenvalue weighted by Gasteiger charge is 2.27. The smallest absolute Gasteiger partial charge is 0.271 e. The van der Waals surface area contributed by atoms with Gasteiger partial charge in [0, 0.05) is 12.1 Å². The van der Waals surface area contributed by atoms with Crippen molar-refractivity contribution in [2.24, 2.45) is 5.50 Å². The fourth-order valence-corrected chi connectivity index (χ4v) is 4.37. The van der Waals surface area contributed by atoms with E-state index in [1.807, 2.05) is 0 Å². The Morgan fingerprint density at radius 2 is 1.20 bits per heavy atom. The Balaban J connectivity index is 1.79. The lowest BCUT2D eigenvalue weighted by Crippen LogP contribution is -2.37. The summed E-state index contributed by atoms with van der Waals surface area (Å²) in [5.74, 6) is 0. The number of rotatable bonds is 4. The van der Waals surface area contributed by atoms with Gasteiger partial charge in [-0.25, -0.2) is 10.2 Å². The van der Waals surface area contributed by atoms with Gasteiger partial charge in [-0.1, -0.05) is 25.7 Å². The molecule has 2 aliphatic carbocycles. The molecule has 0 aliphatic heterocycles. The minimum atomic E-state index is -2.79. The average Bonchev–Trinajstić information content (AvgIpc) is 2.75. The maximum absolute atomic E-state index is 12.1. The molecule has 0 radical (unpaired) electrons. The highest BCUT2D eigenvalue weighted by atomic mass is 31.2. The molecular weight excluding hydrogens is 209 g/mol. The summed E-state index contributed by atoms with van der Waals surface area (Å²) in [4.78, 5) is 0. The zero-order valence-corrected chi connectivity index (χ0v) is 10.1. The van der Waals surface area contributed by atoms with Crippen molar-refractivity contribution in [3.8, 4) is 0 Å². The molecule has 2 saturated carbocycles. The van der Waals surface area contributed by atoms with Crippen molar-refractivity contribution in [1.82, 2.24) is 10.2 Å². The monoisotopic (exact) mass is 231 g/mol. The van der Waals surface area contributed by atoms with Gasteiger partial charge in [-0.05, 0) is 25.7 Å². The summed E-state index contributed by atoms with van der Waals surface area (Å²) in [5, 5.41) is 6.21. The number of nitrogens with one attached hydrogen (secondary N) is 2. The van der Waals surface area contributed by atoms with Crippen LogP contribution in [0.1, 0.15) is 51.4 Å². The van der Waals surface area contributed by atoms with Crippen LogP contribution in [0.15, 0.2) is 0 Å². The van der Waals surface area contributed by atoms with Crippen molar-refractivity contribution < 1.29 is 4.57 Å². The molecule has 0 unspecified atom stereocenters. The third-order valence-corrected chi connectivity index (χ3v) is 4.96. The number of nitrogens with two attached hydrogens (primary N) is 1. The zero-order chi connectivity index (χ0) is 10.7. The van der Waals surface area contributed by atoms with Crippen LogP contribution in [-0.2, 0) is 4.57 Å². The standard InChI is InChI=1S/C10H22N3OP/c11-15(14,12-9-5-1-2-6-9)13-10-7-3-4-8-10/h9-10H,1-8H2,(H4,11,12,13,14). The summed E-state index contributed by atoms with van der Waals surface area (Å²) >= 11 is 0. The normalized spacial score (nSPS) is 25.1. The summed E-state index contributed by atoms with van der Waals surface area (Å²) in [5.41, 5.74) is 5.81. The van der Waals surface area contributed by atoms with E-state index >= 15 is 0 Å². The van der Waals surface area contributed by atoms with Crippen LogP contribution >= 0.6 is 7.59 Å². The van der Waals surface area contributed by atoms with Crippen LogP contribution in [0.3, 0.4) is 0 Å². The minimum absolute atomic E-state index is 0.370. The molecule has 0 bridgehead atoms. The van der Waals surface area contributed by atoms with Crippen LogP contribution in [0.25, 0.3) is 0 Å². The third-order valence-electron chi connectivity index (χ3n) is 3.46. The van der Waals surface area contributed by atoms with Gasteiger partial charge in [0.05, 0.1) is 0 Å². The topological polar surface area (TPSA) is 67.2 Å². The van der Waals surface area contributed by atoms with E-state index in [0.29, 0.717) is 12.1 Å². The molecule has 15 heavy (non-hydrogen) atoms. The molecule has 5 heteroatoms. The first-order valence-corrected chi connectivity index (χ1v) is 7.87. The fraction of sp³-hybridized carbons (Fsp3) is 1.00. The van der Waals surface area contributed by atoms with Crippen LogP contribution in [0, 0.1) is 0 Å². The lowest BCUT2D eigenvalue weighted by Gasteiger charge is -2.23. The first-order valence-electron chi connectivity index (χ1n) is 6.10. The summed E-state index contributed by atoms with van der Waals surface area (Å²) in [7, 11) is -2.79. The van der Waals surface area contributed by atoms with E-state index in [1.165, 1.54) is 25.7 Å². The van der Waals surface area contributed by atoms with E-state index < -0.39 is 7.59 Å². The maximum Gasteiger partial charge on any atom is 0.276 e. The van der Waals surface area contributed by atoms with E-state index in [2.05, 4.69) is 10.2 Å². The molecule has 4 nitrogen and oxygen atoms in total. The molecule has 0 aromatic heterocycles. The molecule has 2 aliphatic rings. The molecule has 0 amide bonds. The second-order valence-corrected chi connectivity index (χ2v) is 6.71. The van der Waals surface area contributed by atoms with Gasteiger partial charge in [-0.15, -0.1) is 0 Å². The highest BCUT2D eigenvalue weighted by Crippen LogP contribution is 2.34. The van der Waals surface area contributed by atoms with E-state index in [9.17, 15) is 4.57 Å². The molecule has 0 aromatic rings. The Kier molecular flexibility index (Phi) is 3.83. The van der Waals surface area contributed by atoms with Gasteiger partial charge >= 0.3 is 0 Å². The molecule has 0 spiro atoms. The zero-order valence-electron chi connectivity index (χ0n) is 9.24. The van der Waals surface area contributed by atoms with Gasteiger partial charge in [0.15, 0.2) is 0 Å². The quantitative estimate of drug-likeness (QED) is 0.648. The molecule has 88 valence electrons.